The van der Waals surface area contributed by atoms with Crippen molar-refractivity contribution in [3.8, 4) is 0 Å². The minimum atomic E-state index is -0.369. The zero-order chi connectivity index (χ0) is 16.6. The number of aromatic nitrogens is 1. The molecule has 1 aromatic heterocycles. The number of rotatable bonds is 3. The Hall–Kier alpha value is -1.88. The van der Waals surface area contributed by atoms with E-state index in [1.807, 2.05) is 0 Å². The number of nitrogens with zero attached hydrogens (tertiary/aromatic N) is 2. The number of hydrogen-bond donors (Lipinski definition) is 0. The van der Waals surface area contributed by atoms with Crippen molar-refractivity contribution in [2.45, 2.75) is 0 Å². The number of imide groups is 1. The van der Waals surface area contributed by atoms with Gasteiger partial charge in [-0.1, -0.05) is 46.9 Å². The molecule has 1 aliphatic rings. The molecular formula is C16H9Cl3N2O2. The number of fused-ring (bicyclic) bond motifs is 1. The summed E-state index contributed by atoms with van der Waals surface area (Å²) in [5, 5.41) is 0.675. The largest absolute Gasteiger partial charge is 0.270 e. The Morgan fingerprint density at radius 1 is 1.13 bits per heavy atom. The summed E-state index contributed by atoms with van der Waals surface area (Å²) in [7, 11) is 0. The van der Waals surface area contributed by atoms with Crippen LogP contribution in [0, 0.1) is 0 Å². The molecule has 2 heterocycles. The van der Waals surface area contributed by atoms with E-state index in [9.17, 15) is 9.59 Å². The summed E-state index contributed by atoms with van der Waals surface area (Å²) in [4.78, 5) is 30.0. The van der Waals surface area contributed by atoms with Crippen LogP contribution in [0.15, 0.2) is 42.1 Å². The van der Waals surface area contributed by atoms with Crippen LogP contribution in [0.1, 0.15) is 26.4 Å². The SMILES string of the molecule is O=C1c2ccccc2C(=O)N1CC(=CCl)c1ncc(Cl)cc1Cl. The molecule has 0 N–H and O–H groups in total. The fraction of sp³-hybridized carbons (Fsp3) is 0.0625. The van der Waals surface area contributed by atoms with Gasteiger partial charge >= 0.3 is 0 Å². The van der Waals surface area contributed by atoms with Crippen LogP contribution in [0.3, 0.4) is 0 Å². The Balaban J connectivity index is 1.92. The summed E-state index contributed by atoms with van der Waals surface area (Å²) in [6.45, 7) is -0.0236. The molecule has 116 valence electrons. The first-order chi connectivity index (χ1) is 11.0. The third-order valence-electron chi connectivity index (χ3n) is 3.45. The van der Waals surface area contributed by atoms with Gasteiger partial charge in [0.05, 0.1) is 33.4 Å². The lowest BCUT2D eigenvalue weighted by Gasteiger charge is -2.16. The third kappa shape index (κ3) is 2.85. The van der Waals surface area contributed by atoms with Crippen molar-refractivity contribution in [1.29, 1.82) is 0 Å². The van der Waals surface area contributed by atoms with Crippen LogP contribution in [0.4, 0.5) is 0 Å². The molecule has 0 atom stereocenters. The number of hydrogen-bond acceptors (Lipinski definition) is 3. The summed E-state index contributed by atoms with van der Waals surface area (Å²) in [6.07, 6.45) is 1.42. The topological polar surface area (TPSA) is 50.3 Å². The van der Waals surface area contributed by atoms with Crippen molar-refractivity contribution in [3.63, 3.8) is 0 Å². The van der Waals surface area contributed by atoms with Gasteiger partial charge in [0.15, 0.2) is 0 Å². The van der Waals surface area contributed by atoms with Crippen molar-refractivity contribution < 1.29 is 9.59 Å². The van der Waals surface area contributed by atoms with E-state index in [1.54, 1.807) is 24.3 Å². The smallest absolute Gasteiger partial charge is 0.261 e. The van der Waals surface area contributed by atoms with Crippen LogP contribution in [0.25, 0.3) is 5.57 Å². The first-order valence-electron chi connectivity index (χ1n) is 6.59. The molecule has 0 bridgehead atoms. The van der Waals surface area contributed by atoms with Crippen molar-refractivity contribution in [1.82, 2.24) is 9.88 Å². The predicted octanol–water partition coefficient (Wildman–Crippen LogP) is 4.26. The van der Waals surface area contributed by atoms with Crippen molar-refractivity contribution in [2.75, 3.05) is 6.54 Å². The van der Waals surface area contributed by atoms with Gasteiger partial charge in [-0.05, 0) is 18.2 Å². The third-order valence-corrected chi connectivity index (χ3v) is 4.21. The minimum absolute atomic E-state index is 0.0236. The maximum absolute atomic E-state index is 12.4. The van der Waals surface area contributed by atoms with Gasteiger partial charge in [0.2, 0.25) is 0 Å². The molecule has 0 saturated heterocycles. The number of amides is 2. The highest BCUT2D eigenvalue weighted by Gasteiger charge is 2.35. The standard InChI is InChI=1S/C16H9Cl3N2O2/c17-6-9(14-13(19)5-10(18)7-20-14)8-21-15(22)11-3-1-2-4-12(11)16(21)23/h1-7H,8H2. The molecule has 2 aromatic rings. The predicted molar refractivity (Wildman–Crippen MR) is 89.9 cm³/mol. The molecule has 0 radical (unpaired) electrons. The molecule has 0 spiro atoms. The average molecular weight is 368 g/mol. The van der Waals surface area contributed by atoms with E-state index in [2.05, 4.69) is 4.98 Å². The van der Waals surface area contributed by atoms with Crippen LogP contribution in [0.2, 0.25) is 10.0 Å². The molecule has 0 fully saturated rings. The Bertz CT molecular complexity index is 814. The van der Waals surface area contributed by atoms with Crippen molar-refractivity contribution in [2.24, 2.45) is 0 Å². The van der Waals surface area contributed by atoms with Gasteiger partial charge in [-0.25, -0.2) is 0 Å². The van der Waals surface area contributed by atoms with Crippen LogP contribution >= 0.6 is 34.8 Å². The van der Waals surface area contributed by atoms with Crippen LogP contribution in [-0.2, 0) is 0 Å². The fourth-order valence-electron chi connectivity index (χ4n) is 2.37. The van der Waals surface area contributed by atoms with Gasteiger partial charge in [0.25, 0.3) is 11.8 Å². The lowest BCUT2D eigenvalue weighted by Crippen LogP contribution is -2.31. The lowest BCUT2D eigenvalue weighted by molar-refractivity contribution is 0.0675. The molecule has 0 saturated carbocycles. The van der Waals surface area contributed by atoms with E-state index in [1.165, 1.54) is 17.8 Å². The van der Waals surface area contributed by atoms with Gasteiger partial charge in [-0.3, -0.25) is 19.5 Å². The van der Waals surface area contributed by atoms with Gasteiger partial charge < -0.3 is 0 Å². The van der Waals surface area contributed by atoms with Gasteiger partial charge in [-0.15, -0.1) is 0 Å². The second kappa shape index (κ2) is 6.32. The zero-order valence-corrected chi connectivity index (χ0v) is 13.9. The summed E-state index contributed by atoms with van der Waals surface area (Å²) in [5.41, 5.74) is 2.83. The number of halogens is 3. The second-order valence-corrected chi connectivity index (χ2v) is 5.92. The Labute approximate surface area is 147 Å². The van der Waals surface area contributed by atoms with Gasteiger partial charge in [-0.2, -0.15) is 0 Å². The quantitative estimate of drug-likeness (QED) is 0.761. The molecule has 1 aromatic carbocycles. The molecular weight excluding hydrogens is 359 g/mol. The molecule has 3 rings (SSSR count). The summed E-state index contributed by atoms with van der Waals surface area (Å²) in [5.74, 6) is -0.738. The Morgan fingerprint density at radius 3 is 2.26 bits per heavy atom. The zero-order valence-electron chi connectivity index (χ0n) is 11.6. The van der Waals surface area contributed by atoms with E-state index < -0.39 is 0 Å². The minimum Gasteiger partial charge on any atom is -0.270 e. The normalized spacial score (nSPS) is 14.4. The molecule has 1 aliphatic heterocycles. The van der Waals surface area contributed by atoms with Crippen molar-refractivity contribution in [3.05, 3.63) is 68.9 Å². The van der Waals surface area contributed by atoms with Crippen molar-refractivity contribution >= 4 is 52.2 Å². The Kier molecular flexibility index (Phi) is 4.39. The van der Waals surface area contributed by atoms with Crippen LogP contribution < -0.4 is 0 Å². The molecule has 7 heteroatoms. The Morgan fingerprint density at radius 2 is 1.74 bits per heavy atom. The van der Waals surface area contributed by atoms with E-state index in [4.69, 9.17) is 34.8 Å². The maximum Gasteiger partial charge on any atom is 0.261 e. The second-order valence-electron chi connectivity index (χ2n) is 4.86. The van der Waals surface area contributed by atoms with Crippen LogP contribution in [0.5, 0.6) is 0 Å². The number of benzene rings is 1. The first kappa shape index (κ1) is 16.0. The number of pyridine rings is 1. The van der Waals surface area contributed by atoms with E-state index in [0.29, 0.717) is 32.4 Å². The van der Waals surface area contributed by atoms with Gasteiger partial charge in [0.1, 0.15) is 0 Å². The highest BCUT2D eigenvalue weighted by molar-refractivity contribution is 6.36. The highest BCUT2D eigenvalue weighted by Crippen LogP contribution is 2.29. The monoisotopic (exact) mass is 366 g/mol. The van der Waals surface area contributed by atoms with Crippen LogP contribution in [-0.4, -0.2) is 28.2 Å². The molecule has 0 unspecified atom stereocenters. The molecule has 2 amide bonds. The summed E-state index contributed by atoms with van der Waals surface area (Å²) in [6, 6.07) is 8.18. The van der Waals surface area contributed by atoms with E-state index in [-0.39, 0.29) is 18.4 Å². The molecule has 0 aliphatic carbocycles. The average Bonchev–Trinajstić information content (AvgIpc) is 2.78. The molecule has 23 heavy (non-hydrogen) atoms. The number of carbonyl (C=O) groups is 2. The van der Waals surface area contributed by atoms with E-state index >= 15 is 0 Å². The maximum atomic E-state index is 12.4. The fourth-order valence-corrected chi connectivity index (χ4v) is 3.04. The number of carbonyl (C=O) groups excluding carboxylic acids is 2. The first-order valence-corrected chi connectivity index (χ1v) is 7.78. The summed E-state index contributed by atoms with van der Waals surface area (Å²) >= 11 is 17.8. The summed E-state index contributed by atoms with van der Waals surface area (Å²) < 4.78 is 0. The van der Waals surface area contributed by atoms with E-state index in [0.717, 1.165) is 4.90 Å². The highest BCUT2D eigenvalue weighted by atomic mass is 35.5. The molecule has 4 nitrogen and oxygen atoms in total. The van der Waals surface area contributed by atoms with Gasteiger partial charge in [0, 0.05) is 17.3 Å². The lowest BCUT2D eigenvalue weighted by atomic mass is 10.1.